The number of hydrogen-bond donors (Lipinski definition) is 1. The number of hydrogen-bond acceptors (Lipinski definition) is 2. The van der Waals surface area contributed by atoms with Gasteiger partial charge in [-0.3, -0.25) is 0 Å². The molecule has 1 aliphatic rings. The highest BCUT2D eigenvalue weighted by Gasteiger charge is 2.39. The van der Waals surface area contributed by atoms with Crippen LogP contribution in [0.5, 0.6) is 0 Å². The van der Waals surface area contributed by atoms with Crippen molar-refractivity contribution in [1.82, 2.24) is 0 Å². The summed E-state index contributed by atoms with van der Waals surface area (Å²) in [6.07, 6.45) is -2.93. The smallest absolute Gasteiger partial charge is 0.416 e. The molecule has 1 fully saturated rings. The number of carboxylic acids is 1. The van der Waals surface area contributed by atoms with Gasteiger partial charge in [0.1, 0.15) is 11.5 Å². The zero-order chi connectivity index (χ0) is 14.1. The second-order valence-electron chi connectivity index (χ2n) is 4.91. The van der Waals surface area contributed by atoms with Gasteiger partial charge in [0.2, 0.25) is 0 Å². The first-order chi connectivity index (χ1) is 8.83. The quantitative estimate of drug-likeness (QED) is 0.849. The Kier molecular flexibility index (Phi) is 3.54. The van der Waals surface area contributed by atoms with Gasteiger partial charge < -0.3 is 15.2 Å². The zero-order valence-corrected chi connectivity index (χ0v) is 10.2. The number of carboxylic acid groups (broad SMARTS) is 1. The minimum absolute atomic E-state index is 0.188. The SMILES string of the molecule is O=C([O-])[C@@]1(Cc2ccc(C(F)(F)F)cc2)CCC[NH2+]1. The lowest BCUT2D eigenvalue weighted by molar-refractivity contribution is -0.700. The average molecular weight is 273 g/mol. The van der Waals surface area contributed by atoms with Crippen molar-refractivity contribution in [2.75, 3.05) is 6.54 Å². The van der Waals surface area contributed by atoms with Crippen LogP contribution in [0.3, 0.4) is 0 Å². The Balaban J connectivity index is 2.17. The summed E-state index contributed by atoms with van der Waals surface area (Å²) >= 11 is 0. The van der Waals surface area contributed by atoms with E-state index >= 15 is 0 Å². The van der Waals surface area contributed by atoms with Crippen LogP contribution in [0.4, 0.5) is 13.2 Å². The van der Waals surface area contributed by atoms with Gasteiger partial charge in [-0.05, 0) is 17.7 Å². The molecule has 6 heteroatoms. The summed E-state index contributed by atoms with van der Waals surface area (Å²) in [5, 5.41) is 12.9. The molecule has 0 saturated carbocycles. The van der Waals surface area contributed by atoms with Crippen LogP contribution in [-0.4, -0.2) is 18.1 Å². The van der Waals surface area contributed by atoms with Crippen molar-refractivity contribution in [3.8, 4) is 0 Å². The van der Waals surface area contributed by atoms with Crippen molar-refractivity contribution in [2.24, 2.45) is 0 Å². The number of nitrogens with two attached hydrogens (primary N) is 1. The van der Waals surface area contributed by atoms with Crippen molar-refractivity contribution in [3.05, 3.63) is 35.4 Å². The Morgan fingerprint density at radius 2 is 1.95 bits per heavy atom. The number of benzene rings is 1. The first-order valence-electron chi connectivity index (χ1n) is 6.05. The highest BCUT2D eigenvalue weighted by Crippen LogP contribution is 2.29. The molecule has 1 atom stereocenters. The van der Waals surface area contributed by atoms with Crippen molar-refractivity contribution >= 4 is 5.97 Å². The van der Waals surface area contributed by atoms with Crippen LogP contribution < -0.4 is 10.4 Å². The summed E-state index contributed by atoms with van der Waals surface area (Å²) in [7, 11) is 0. The predicted molar refractivity (Wildman–Crippen MR) is 58.9 cm³/mol. The van der Waals surface area contributed by atoms with E-state index in [-0.39, 0.29) is 6.42 Å². The number of carbonyl (C=O) groups excluding carboxylic acids is 1. The van der Waals surface area contributed by atoms with Crippen LogP contribution in [-0.2, 0) is 17.4 Å². The maximum Gasteiger partial charge on any atom is 0.416 e. The predicted octanol–water partition coefficient (Wildman–Crippen LogP) is 0.0938. The van der Waals surface area contributed by atoms with Crippen molar-refractivity contribution < 1.29 is 28.4 Å². The zero-order valence-electron chi connectivity index (χ0n) is 10.2. The third-order valence-corrected chi connectivity index (χ3v) is 3.57. The van der Waals surface area contributed by atoms with Gasteiger partial charge in [0.15, 0.2) is 0 Å². The van der Waals surface area contributed by atoms with Crippen LogP contribution in [0.2, 0.25) is 0 Å². The van der Waals surface area contributed by atoms with Crippen LogP contribution in [0.1, 0.15) is 24.0 Å². The first kappa shape index (κ1) is 13.9. The molecule has 0 amide bonds. The van der Waals surface area contributed by atoms with E-state index in [0.29, 0.717) is 18.5 Å². The van der Waals surface area contributed by atoms with Crippen molar-refractivity contribution in [2.45, 2.75) is 31.0 Å². The molecular weight excluding hydrogens is 259 g/mol. The lowest BCUT2D eigenvalue weighted by Crippen LogP contribution is -2.97. The van der Waals surface area contributed by atoms with E-state index in [2.05, 4.69) is 0 Å². The largest absolute Gasteiger partial charge is 0.544 e. The number of quaternary nitrogens is 1. The number of rotatable bonds is 3. The van der Waals surface area contributed by atoms with Gasteiger partial charge in [-0.2, -0.15) is 13.2 Å². The summed E-state index contributed by atoms with van der Waals surface area (Å²) in [5.41, 5.74) is -1.18. The molecule has 3 nitrogen and oxygen atoms in total. The molecule has 0 aromatic heterocycles. The van der Waals surface area contributed by atoms with E-state index in [4.69, 9.17) is 0 Å². The molecule has 104 valence electrons. The second-order valence-corrected chi connectivity index (χ2v) is 4.91. The number of alkyl halides is 3. The molecule has 19 heavy (non-hydrogen) atoms. The fourth-order valence-electron chi connectivity index (χ4n) is 2.49. The third kappa shape index (κ3) is 2.89. The molecule has 0 aliphatic carbocycles. The monoisotopic (exact) mass is 273 g/mol. The summed E-state index contributed by atoms with van der Waals surface area (Å²) in [6, 6.07) is 4.62. The van der Waals surface area contributed by atoms with Gasteiger partial charge in [0.25, 0.3) is 0 Å². The molecule has 1 aliphatic heterocycles. The number of aliphatic carboxylic acids is 1. The highest BCUT2D eigenvalue weighted by molar-refractivity contribution is 5.75. The lowest BCUT2D eigenvalue weighted by atomic mass is 9.89. The molecule has 1 aromatic rings. The van der Waals surface area contributed by atoms with Crippen LogP contribution >= 0.6 is 0 Å². The normalized spacial score (nSPS) is 23.5. The molecule has 2 N–H and O–H groups in total. The molecule has 0 bridgehead atoms. The fourth-order valence-corrected chi connectivity index (χ4v) is 2.49. The standard InChI is InChI=1S/C13H14F3NO2/c14-13(15,16)10-4-2-9(3-5-10)8-12(11(18)19)6-1-7-17-12/h2-5,17H,1,6-8H2,(H,18,19)/t12-/m0/s1. The van der Waals surface area contributed by atoms with E-state index in [1.165, 1.54) is 12.1 Å². The molecule has 0 radical (unpaired) electrons. The highest BCUT2D eigenvalue weighted by atomic mass is 19.4. The molecule has 1 saturated heterocycles. The topological polar surface area (TPSA) is 56.7 Å². The van der Waals surface area contributed by atoms with Crippen LogP contribution in [0.25, 0.3) is 0 Å². The number of halogens is 3. The first-order valence-corrected chi connectivity index (χ1v) is 6.05. The van der Waals surface area contributed by atoms with Crippen LogP contribution in [0, 0.1) is 0 Å². The lowest BCUT2D eigenvalue weighted by Gasteiger charge is -2.27. The maximum atomic E-state index is 12.4. The van der Waals surface area contributed by atoms with E-state index in [1.807, 2.05) is 0 Å². The maximum absolute atomic E-state index is 12.4. The number of carbonyl (C=O) groups is 1. The van der Waals surface area contributed by atoms with Crippen molar-refractivity contribution in [1.29, 1.82) is 0 Å². The van der Waals surface area contributed by atoms with Gasteiger partial charge in [-0.1, -0.05) is 12.1 Å². The van der Waals surface area contributed by atoms with E-state index in [9.17, 15) is 23.1 Å². The van der Waals surface area contributed by atoms with E-state index in [0.717, 1.165) is 18.6 Å². The van der Waals surface area contributed by atoms with Gasteiger partial charge >= 0.3 is 6.18 Å². The van der Waals surface area contributed by atoms with Crippen LogP contribution in [0.15, 0.2) is 24.3 Å². The molecular formula is C13H14F3NO2. The average Bonchev–Trinajstić information content (AvgIpc) is 2.78. The molecule has 0 unspecified atom stereocenters. The Hall–Kier alpha value is -1.56. The fraction of sp³-hybridized carbons (Fsp3) is 0.462. The molecule has 1 aromatic carbocycles. The summed E-state index contributed by atoms with van der Waals surface area (Å²) in [5.74, 6) is -1.15. The Labute approximate surface area is 108 Å². The van der Waals surface area contributed by atoms with Gasteiger partial charge in [0, 0.05) is 19.3 Å². The van der Waals surface area contributed by atoms with E-state index < -0.39 is 23.2 Å². The van der Waals surface area contributed by atoms with Gasteiger partial charge in [0.05, 0.1) is 12.1 Å². The minimum atomic E-state index is -4.37. The van der Waals surface area contributed by atoms with Crippen molar-refractivity contribution in [3.63, 3.8) is 0 Å². The van der Waals surface area contributed by atoms with Gasteiger partial charge in [-0.15, -0.1) is 0 Å². The Morgan fingerprint density at radius 3 is 2.37 bits per heavy atom. The van der Waals surface area contributed by atoms with Gasteiger partial charge in [-0.25, -0.2) is 0 Å². The third-order valence-electron chi connectivity index (χ3n) is 3.57. The summed E-state index contributed by atoms with van der Waals surface area (Å²) in [4.78, 5) is 11.2. The second kappa shape index (κ2) is 4.85. The Morgan fingerprint density at radius 1 is 1.32 bits per heavy atom. The molecule has 0 spiro atoms. The Bertz CT molecular complexity index is 462. The summed E-state index contributed by atoms with van der Waals surface area (Å²) < 4.78 is 37.3. The molecule has 1 heterocycles. The minimum Gasteiger partial charge on any atom is -0.544 e. The van der Waals surface area contributed by atoms with E-state index in [1.54, 1.807) is 5.32 Å². The summed E-state index contributed by atoms with van der Waals surface area (Å²) in [6.45, 7) is 0.703. The molecule has 2 rings (SSSR count).